The lowest BCUT2D eigenvalue weighted by atomic mass is 9.85. The molecule has 0 N–H and O–H groups in total. The van der Waals surface area contributed by atoms with Crippen LogP contribution >= 0.6 is 0 Å². The number of imidazole rings is 1. The van der Waals surface area contributed by atoms with E-state index in [1.807, 2.05) is 16.8 Å². The van der Waals surface area contributed by atoms with Gasteiger partial charge in [0.2, 0.25) is 0 Å². The minimum absolute atomic E-state index is 0.0147. The summed E-state index contributed by atoms with van der Waals surface area (Å²) < 4.78 is 4.38. The first-order valence-corrected chi connectivity index (χ1v) is 10.8. The number of aromatic nitrogens is 4. The van der Waals surface area contributed by atoms with Crippen molar-refractivity contribution in [2.45, 2.75) is 38.8 Å². The second-order valence-electron chi connectivity index (χ2n) is 8.48. The third kappa shape index (κ3) is 3.53. The summed E-state index contributed by atoms with van der Waals surface area (Å²) >= 11 is 0. The van der Waals surface area contributed by atoms with E-state index in [2.05, 4.69) is 79.3 Å². The summed E-state index contributed by atoms with van der Waals surface area (Å²) in [4.78, 5) is 29.9. The Labute approximate surface area is 187 Å². The van der Waals surface area contributed by atoms with E-state index in [-0.39, 0.29) is 29.3 Å². The second kappa shape index (κ2) is 8.49. The zero-order valence-corrected chi connectivity index (χ0v) is 19.1. The van der Waals surface area contributed by atoms with Crippen LogP contribution in [-0.2, 0) is 14.1 Å². The van der Waals surface area contributed by atoms with Crippen LogP contribution in [0, 0.1) is 0 Å². The highest BCUT2D eigenvalue weighted by Gasteiger charge is 2.30. The molecular formula is C25H29N5O2. The molecule has 4 rings (SSSR count). The van der Waals surface area contributed by atoms with Crippen LogP contribution in [0.1, 0.15) is 37.8 Å². The summed E-state index contributed by atoms with van der Waals surface area (Å²) in [5.41, 5.74) is 2.43. The van der Waals surface area contributed by atoms with E-state index in [0.29, 0.717) is 11.2 Å². The van der Waals surface area contributed by atoms with Gasteiger partial charge < -0.3 is 5.01 Å². The topological polar surface area (TPSA) is 65.1 Å². The molecule has 0 fully saturated rings. The van der Waals surface area contributed by atoms with Gasteiger partial charge in [0.1, 0.15) is 6.33 Å². The zero-order valence-electron chi connectivity index (χ0n) is 19.1. The molecule has 32 heavy (non-hydrogen) atoms. The van der Waals surface area contributed by atoms with Crippen LogP contribution < -0.4 is 16.3 Å². The van der Waals surface area contributed by atoms with E-state index in [1.54, 1.807) is 13.4 Å². The van der Waals surface area contributed by atoms with Gasteiger partial charge in [0.15, 0.2) is 11.2 Å². The minimum Gasteiger partial charge on any atom is -0.305 e. The Morgan fingerprint density at radius 2 is 1.34 bits per heavy atom. The fourth-order valence-electron chi connectivity index (χ4n) is 4.64. The maximum Gasteiger partial charge on any atom is 0.332 e. The van der Waals surface area contributed by atoms with Gasteiger partial charge in [-0.25, -0.2) is 14.5 Å². The molecule has 0 spiro atoms. The smallest absolute Gasteiger partial charge is 0.305 e. The molecule has 2 aromatic heterocycles. The van der Waals surface area contributed by atoms with Gasteiger partial charge in [-0.2, -0.15) is 0 Å². The van der Waals surface area contributed by atoms with Crippen LogP contribution in [0.15, 0.2) is 76.6 Å². The van der Waals surface area contributed by atoms with Crippen LogP contribution in [-0.4, -0.2) is 30.9 Å². The molecule has 0 radical (unpaired) electrons. The van der Waals surface area contributed by atoms with Crippen molar-refractivity contribution >= 4 is 11.2 Å². The monoisotopic (exact) mass is 431 g/mol. The maximum absolute atomic E-state index is 13.1. The number of hydrogen-bond acceptors (Lipinski definition) is 4. The first-order valence-electron chi connectivity index (χ1n) is 10.8. The van der Waals surface area contributed by atoms with Gasteiger partial charge in [0, 0.05) is 26.1 Å². The summed E-state index contributed by atoms with van der Waals surface area (Å²) in [6.07, 6.45) is 1.65. The predicted octanol–water partition coefficient (Wildman–Crippen LogP) is 3.00. The molecule has 4 aromatic rings. The maximum atomic E-state index is 13.1. The number of hydrogen-bond donors (Lipinski definition) is 0. The largest absolute Gasteiger partial charge is 0.332 e. The summed E-state index contributed by atoms with van der Waals surface area (Å²) in [7, 11) is 3.14. The molecule has 0 bridgehead atoms. The van der Waals surface area contributed by atoms with Crippen LogP contribution in [0.25, 0.3) is 11.2 Å². The Balaban J connectivity index is 1.93. The highest BCUT2D eigenvalue weighted by molar-refractivity contribution is 5.70. The number of aryl methyl sites for hydroxylation is 1. The second-order valence-corrected chi connectivity index (χ2v) is 8.48. The van der Waals surface area contributed by atoms with E-state index in [0.717, 1.165) is 4.57 Å². The fraction of sp³-hybridized carbons (Fsp3) is 0.320. The Morgan fingerprint density at radius 3 is 1.84 bits per heavy atom. The van der Waals surface area contributed by atoms with Crippen LogP contribution in [0.4, 0.5) is 0 Å². The summed E-state index contributed by atoms with van der Waals surface area (Å²) in [5, 5.41) is 2.17. The molecule has 0 amide bonds. The van der Waals surface area contributed by atoms with E-state index >= 15 is 0 Å². The molecule has 1 atom stereocenters. The van der Waals surface area contributed by atoms with E-state index in [4.69, 9.17) is 0 Å². The molecular weight excluding hydrogens is 402 g/mol. The zero-order chi connectivity index (χ0) is 23.0. The fourth-order valence-corrected chi connectivity index (χ4v) is 4.64. The summed E-state index contributed by atoms with van der Waals surface area (Å²) in [6.45, 7) is 6.37. The quantitative estimate of drug-likeness (QED) is 0.471. The molecule has 0 aliphatic rings. The first-order chi connectivity index (χ1) is 15.3. The third-order valence-corrected chi connectivity index (χ3v) is 6.12. The lowest BCUT2D eigenvalue weighted by Gasteiger charge is -2.40. The average Bonchev–Trinajstić information content (AvgIpc) is 3.22. The normalized spacial score (nSPS) is 12.6. The number of benzene rings is 2. The molecule has 0 saturated carbocycles. The average molecular weight is 432 g/mol. The number of rotatable bonds is 6. The molecule has 0 saturated heterocycles. The first kappa shape index (κ1) is 21.6. The van der Waals surface area contributed by atoms with Gasteiger partial charge >= 0.3 is 5.69 Å². The van der Waals surface area contributed by atoms with Crippen molar-refractivity contribution in [2.75, 3.05) is 5.01 Å². The molecule has 0 aliphatic carbocycles. The molecule has 0 aliphatic heterocycles. The van der Waals surface area contributed by atoms with Gasteiger partial charge in [0.25, 0.3) is 5.56 Å². The Bertz CT molecular complexity index is 1300. The van der Waals surface area contributed by atoms with Gasteiger partial charge in [-0.05, 0) is 31.9 Å². The standard InChI is InChI=1S/C25H29N5O2/c1-17(2)30(29-16-26-23-22(29)24(31)28(5)25(32)27(23)4)18(3)21(19-12-8-6-9-13-19)20-14-10-7-11-15-20/h6-18,21H,1-5H3. The summed E-state index contributed by atoms with van der Waals surface area (Å²) in [6, 6.07) is 20.9. The minimum atomic E-state index is -0.386. The van der Waals surface area contributed by atoms with Crippen LogP contribution in [0.3, 0.4) is 0 Å². The predicted molar refractivity (Wildman–Crippen MR) is 128 cm³/mol. The van der Waals surface area contributed by atoms with E-state index in [1.165, 1.54) is 22.7 Å². The number of fused-ring (bicyclic) bond motifs is 1. The van der Waals surface area contributed by atoms with Crippen molar-refractivity contribution in [3.63, 3.8) is 0 Å². The van der Waals surface area contributed by atoms with Crippen molar-refractivity contribution in [1.82, 2.24) is 18.8 Å². The van der Waals surface area contributed by atoms with Crippen molar-refractivity contribution in [2.24, 2.45) is 14.1 Å². The SMILES string of the molecule is CC(C)N(C(C)C(c1ccccc1)c1ccccc1)n1cnc2c1c(=O)n(C)c(=O)n2C. The lowest BCUT2D eigenvalue weighted by Crippen LogP contribution is -2.50. The molecule has 7 nitrogen and oxygen atoms in total. The third-order valence-electron chi connectivity index (χ3n) is 6.12. The molecule has 2 heterocycles. The van der Waals surface area contributed by atoms with Crippen molar-refractivity contribution in [3.8, 4) is 0 Å². The number of nitrogens with zero attached hydrogens (tertiary/aromatic N) is 5. The highest BCUT2D eigenvalue weighted by Crippen LogP contribution is 2.31. The van der Waals surface area contributed by atoms with E-state index < -0.39 is 0 Å². The van der Waals surface area contributed by atoms with Gasteiger partial charge in [-0.1, -0.05) is 60.7 Å². The highest BCUT2D eigenvalue weighted by atomic mass is 16.2. The van der Waals surface area contributed by atoms with Crippen LogP contribution in [0.2, 0.25) is 0 Å². The summed E-state index contributed by atoms with van der Waals surface area (Å²) in [5.74, 6) is 0.0635. The van der Waals surface area contributed by atoms with Gasteiger partial charge in [-0.15, -0.1) is 0 Å². The van der Waals surface area contributed by atoms with Crippen molar-refractivity contribution in [3.05, 3.63) is 99.0 Å². The van der Waals surface area contributed by atoms with Crippen molar-refractivity contribution in [1.29, 1.82) is 0 Å². The van der Waals surface area contributed by atoms with Gasteiger partial charge in [-0.3, -0.25) is 13.9 Å². The van der Waals surface area contributed by atoms with Gasteiger partial charge in [0.05, 0.1) is 6.04 Å². The van der Waals surface area contributed by atoms with Crippen molar-refractivity contribution < 1.29 is 0 Å². The van der Waals surface area contributed by atoms with Crippen LogP contribution in [0.5, 0.6) is 0 Å². The molecule has 1 unspecified atom stereocenters. The molecule has 166 valence electrons. The lowest BCUT2D eigenvalue weighted by molar-refractivity contribution is 0.423. The Hall–Kier alpha value is -3.61. The molecule has 7 heteroatoms. The Morgan fingerprint density at radius 1 is 0.812 bits per heavy atom. The Kier molecular flexibility index (Phi) is 5.74. The van der Waals surface area contributed by atoms with E-state index in [9.17, 15) is 9.59 Å². The molecule has 2 aromatic carbocycles.